The SMILES string of the molecule is CC(C)(C)Nc1ccc(-c2nc(-c3ccccn3)n(CC(N)=O)n2)nc1. The zero-order valence-electron chi connectivity index (χ0n) is 15.0. The van der Waals surface area contributed by atoms with Crippen LogP contribution in [0.2, 0.25) is 0 Å². The van der Waals surface area contributed by atoms with Gasteiger partial charge in [-0.15, -0.1) is 5.10 Å². The van der Waals surface area contributed by atoms with Crippen molar-refractivity contribution < 1.29 is 4.79 Å². The Balaban J connectivity index is 1.95. The second-order valence-electron chi connectivity index (χ2n) is 6.91. The third kappa shape index (κ3) is 4.21. The highest BCUT2D eigenvalue weighted by atomic mass is 16.1. The van der Waals surface area contributed by atoms with E-state index in [1.165, 1.54) is 4.68 Å². The van der Waals surface area contributed by atoms with Gasteiger partial charge >= 0.3 is 0 Å². The first-order valence-corrected chi connectivity index (χ1v) is 8.21. The van der Waals surface area contributed by atoms with E-state index in [1.807, 2.05) is 24.3 Å². The first-order valence-electron chi connectivity index (χ1n) is 8.21. The fourth-order valence-corrected chi connectivity index (χ4v) is 2.43. The molecule has 3 aromatic rings. The van der Waals surface area contributed by atoms with Crippen molar-refractivity contribution in [3.63, 3.8) is 0 Å². The lowest BCUT2D eigenvalue weighted by molar-refractivity contribution is -0.118. The predicted octanol–water partition coefficient (Wildman–Crippen LogP) is 2.10. The summed E-state index contributed by atoms with van der Waals surface area (Å²) in [7, 11) is 0. The third-order valence-corrected chi connectivity index (χ3v) is 3.38. The first-order chi connectivity index (χ1) is 12.3. The number of amides is 1. The van der Waals surface area contributed by atoms with E-state index < -0.39 is 5.91 Å². The van der Waals surface area contributed by atoms with Crippen molar-refractivity contribution >= 4 is 11.6 Å². The van der Waals surface area contributed by atoms with Gasteiger partial charge in [-0.05, 0) is 45.0 Å². The number of nitrogens with one attached hydrogen (secondary N) is 1. The number of hydrogen-bond donors (Lipinski definition) is 2. The van der Waals surface area contributed by atoms with Crippen LogP contribution < -0.4 is 11.1 Å². The summed E-state index contributed by atoms with van der Waals surface area (Å²) in [6.45, 7) is 6.15. The number of pyridine rings is 2. The lowest BCUT2D eigenvalue weighted by Crippen LogP contribution is -2.26. The Morgan fingerprint density at radius 2 is 1.96 bits per heavy atom. The average Bonchev–Trinajstić information content (AvgIpc) is 2.98. The summed E-state index contributed by atoms with van der Waals surface area (Å²) in [6, 6.07) is 9.20. The Labute approximate surface area is 151 Å². The summed E-state index contributed by atoms with van der Waals surface area (Å²) >= 11 is 0. The molecule has 0 fully saturated rings. The molecule has 3 N–H and O–H groups in total. The number of anilines is 1. The second kappa shape index (κ2) is 6.91. The van der Waals surface area contributed by atoms with Crippen molar-refractivity contribution in [3.8, 4) is 23.0 Å². The number of primary amides is 1. The molecule has 26 heavy (non-hydrogen) atoms. The van der Waals surface area contributed by atoms with Crippen LogP contribution in [-0.4, -0.2) is 36.2 Å². The Kier molecular flexibility index (Phi) is 4.66. The summed E-state index contributed by atoms with van der Waals surface area (Å²) in [5, 5.41) is 7.73. The van der Waals surface area contributed by atoms with Crippen LogP contribution in [0.15, 0.2) is 42.7 Å². The van der Waals surface area contributed by atoms with Crippen molar-refractivity contribution in [1.82, 2.24) is 24.7 Å². The number of nitrogens with two attached hydrogens (primary N) is 1. The topological polar surface area (TPSA) is 112 Å². The van der Waals surface area contributed by atoms with Gasteiger partial charge in [0, 0.05) is 11.7 Å². The molecule has 0 aliphatic heterocycles. The van der Waals surface area contributed by atoms with E-state index in [-0.39, 0.29) is 12.1 Å². The smallest absolute Gasteiger partial charge is 0.239 e. The van der Waals surface area contributed by atoms with E-state index in [2.05, 4.69) is 46.1 Å². The molecule has 3 heterocycles. The van der Waals surface area contributed by atoms with E-state index in [1.54, 1.807) is 18.5 Å². The summed E-state index contributed by atoms with van der Waals surface area (Å²) in [6.07, 6.45) is 3.39. The molecule has 1 amide bonds. The maximum atomic E-state index is 11.4. The molecule has 3 rings (SSSR count). The number of aromatic nitrogens is 5. The van der Waals surface area contributed by atoms with E-state index in [9.17, 15) is 4.79 Å². The van der Waals surface area contributed by atoms with E-state index in [0.29, 0.717) is 23.0 Å². The standard InChI is InChI=1S/C18H21N7O/c1-18(2,3)23-12-7-8-13(21-10-12)16-22-17(14-6-4-5-9-20-14)25(24-16)11-15(19)26/h4-10,23H,11H2,1-3H3,(H2,19,26). The van der Waals surface area contributed by atoms with Gasteiger partial charge in [-0.25, -0.2) is 9.67 Å². The minimum atomic E-state index is -0.503. The zero-order valence-corrected chi connectivity index (χ0v) is 15.0. The van der Waals surface area contributed by atoms with Crippen LogP contribution in [0.3, 0.4) is 0 Å². The summed E-state index contributed by atoms with van der Waals surface area (Å²) in [5.74, 6) is 0.378. The molecule has 8 nitrogen and oxygen atoms in total. The van der Waals surface area contributed by atoms with Gasteiger partial charge in [0.05, 0.1) is 11.9 Å². The fraction of sp³-hybridized carbons (Fsp3) is 0.278. The molecule has 0 aromatic carbocycles. The predicted molar refractivity (Wildman–Crippen MR) is 99.1 cm³/mol. The maximum absolute atomic E-state index is 11.4. The molecule has 0 aliphatic rings. The molecule has 0 unspecified atom stereocenters. The molecular weight excluding hydrogens is 330 g/mol. The van der Waals surface area contributed by atoms with Crippen molar-refractivity contribution in [2.24, 2.45) is 5.73 Å². The van der Waals surface area contributed by atoms with Crippen LogP contribution in [0.25, 0.3) is 23.0 Å². The Bertz CT molecular complexity index is 896. The van der Waals surface area contributed by atoms with Crippen molar-refractivity contribution in [2.45, 2.75) is 32.9 Å². The van der Waals surface area contributed by atoms with Crippen LogP contribution in [0.1, 0.15) is 20.8 Å². The lowest BCUT2D eigenvalue weighted by atomic mass is 10.1. The van der Waals surface area contributed by atoms with E-state index in [0.717, 1.165) is 5.69 Å². The molecule has 0 radical (unpaired) electrons. The largest absolute Gasteiger partial charge is 0.379 e. The van der Waals surface area contributed by atoms with Gasteiger partial charge < -0.3 is 11.1 Å². The number of rotatable bonds is 5. The summed E-state index contributed by atoms with van der Waals surface area (Å²) < 4.78 is 1.45. The van der Waals surface area contributed by atoms with E-state index >= 15 is 0 Å². The van der Waals surface area contributed by atoms with Gasteiger partial charge in [-0.2, -0.15) is 0 Å². The van der Waals surface area contributed by atoms with Gasteiger partial charge in [-0.3, -0.25) is 14.8 Å². The van der Waals surface area contributed by atoms with Crippen LogP contribution in [0, 0.1) is 0 Å². The van der Waals surface area contributed by atoms with Crippen LogP contribution >= 0.6 is 0 Å². The Morgan fingerprint density at radius 1 is 1.15 bits per heavy atom. The molecular formula is C18H21N7O. The van der Waals surface area contributed by atoms with Crippen molar-refractivity contribution in [2.75, 3.05) is 5.32 Å². The van der Waals surface area contributed by atoms with Gasteiger partial charge in [0.1, 0.15) is 17.9 Å². The number of nitrogens with zero attached hydrogens (tertiary/aromatic N) is 5. The highest BCUT2D eigenvalue weighted by molar-refractivity contribution is 5.74. The molecule has 8 heteroatoms. The van der Waals surface area contributed by atoms with Crippen molar-refractivity contribution in [1.29, 1.82) is 0 Å². The quantitative estimate of drug-likeness (QED) is 0.728. The number of hydrogen-bond acceptors (Lipinski definition) is 6. The molecule has 0 saturated heterocycles. The van der Waals surface area contributed by atoms with Crippen LogP contribution in [0.5, 0.6) is 0 Å². The molecule has 0 atom stereocenters. The normalized spacial score (nSPS) is 11.3. The first kappa shape index (κ1) is 17.5. The van der Waals surface area contributed by atoms with Gasteiger partial charge in [0.25, 0.3) is 0 Å². The number of carbonyl (C=O) groups excluding carboxylic acids is 1. The highest BCUT2D eigenvalue weighted by Gasteiger charge is 2.17. The zero-order chi connectivity index (χ0) is 18.7. The Morgan fingerprint density at radius 3 is 2.54 bits per heavy atom. The third-order valence-electron chi connectivity index (χ3n) is 3.38. The highest BCUT2D eigenvalue weighted by Crippen LogP contribution is 2.21. The fourth-order valence-electron chi connectivity index (χ4n) is 2.43. The molecule has 0 saturated carbocycles. The Hall–Kier alpha value is -3.29. The second-order valence-corrected chi connectivity index (χ2v) is 6.91. The summed E-state index contributed by atoms with van der Waals surface area (Å²) in [4.78, 5) is 24.6. The van der Waals surface area contributed by atoms with Gasteiger partial charge in [-0.1, -0.05) is 6.07 Å². The van der Waals surface area contributed by atoms with E-state index in [4.69, 9.17) is 5.73 Å². The molecule has 0 aliphatic carbocycles. The molecule has 3 aromatic heterocycles. The molecule has 0 spiro atoms. The maximum Gasteiger partial charge on any atom is 0.239 e. The van der Waals surface area contributed by atoms with Crippen LogP contribution in [0.4, 0.5) is 5.69 Å². The lowest BCUT2D eigenvalue weighted by Gasteiger charge is -2.21. The minimum Gasteiger partial charge on any atom is -0.379 e. The summed E-state index contributed by atoms with van der Waals surface area (Å²) in [5.41, 5.74) is 7.38. The monoisotopic (exact) mass is 351 g/mol. The van der Waals surface area contributed by atoms with Crippen LogP contribution in [-0.2, 0) is 11.3 Å². The van der Waals surface area contributed by atoms with Gasteiger partial charge in [0.15, 0.2) is 11.6 Å². The molecule has 0 bridgehead atoms. The van der Waals surface area contributed by atoms with Crippen molar-refractivity contribution in [3.05, 3.63) is 42.7 Å². The number of carbonyl (C=O) groups is 1. The minimum absolute atomic E-state index is 0.0589. The molecule has 134 valence electrons. The van der Waals surface area contributed by atoms with Gasteiger partial charge in [0.2, 0.25) is 5.91 Å². The average molecular weight is 351 g/mol.